The lowest BCUT2D eigenvalue weighted by atomic mass is 9.98. The molecule has 1 fully saturated rings. The number of aryl methyl sites for hydroxylation is 1. The van der Waals surface area contributed by atoms with E-state index in [4.69, 9.17) is 16.3 Å². The van der Waals surface area contributed by atoms with E-state index in [1.807, 2.05) is 6.07 Å². The topological polar surface area (TPSA) is 27.1 Å². The molecule has 5 heteroatoms. The van der Waals surface area contributed by atoms with Crippen LogP contribution in [-0.4, -0.2) is 15.9 Å². The molecule has 0 bridgehead atoms. The van der Waals surface area contributed by atoms with Crippen LogP contribution in [0.5, 0.6) is 5.75 Å². The van der Waals surface area contributed by atoms with Crippen LogP contribution in [0.15, 0.2) is 18.3 Å². The number of ether oxygens (including phenoxy) is 1. The molecule has 0 unspecified atom stereocenters. The zero-order valence-electron chi connectivity index (χ0n) is 10.9. The quantitative estimate of drug-likeness (QED) is 0.827. The molecule has 0 radical (unpaired) electrons. The smallest absolute Gasteiger partial charge is 0.177 e. The molecule has 1 aliphatic rings. The van der Waals surface area contributed by atoms with Crippen molar-refractivity contribution in [1.82, 2.24) is 9.78 Å². The predicted octanol–water partition coefficient (Wildman–Crippen LogP) is 4.61. The van der Waals surface area contributed by atoms with Crippen molar-refractivity contribution in [3.05, 3.63) is 28.4 Å². The van der Waals surface area contributed by atoms with Crippen LogP contribution < -0.4 is 4.74 Å². The molecule has 19 heavy (non-hydrogen) atoms. The van der Waals surface area contributed by atoms with Gasteiger partial charge in [0, 0.05) is 4.88 Å². The summed E-state index contributed by atoms with van der Waals surface area (Å²) in [5.41, 5.74) is 0. The van der Waals surface area contributed by atoms with Crippen LogP contribution in [0.4, 0.5) is 0 Å². The van der Waals surface area contributed by atoms with Crippen molar-refractivity contribution in [1.29, 1.82) is 0 Å². The molecule has 2 heterocycles. The maximum atomic E-state index is 6.37. The first kappa shape index (κ1) is 13.0. The predicted molar refractivity (Wildman–Crippen MR) is 78.7 cm³/mol. The first-order valence-electron chi connectivity index (χ1n) is 6.71. The molecule has 102 valence electrons. The normalized spacial score (nSPS) is 16.7. The van der Waals surface area contributed by atoms with Crippen LogP contribution in [0.2, 0.25) is 5.15 Å². The summed E-state index contributed by atoms with van der Waals surface area (Å²) in [6.45, 7) is 2.07. The molecule has 0 amide bonds. The summed E-state index contributed by atoms with van der Waals surface area (Å²) in [6.07, 6.45) is 8.10. The average molecular weight is 297 g/mol. The minimum absolute atomic E-state index is 0.300. The zero-order chi connectivity index (χ0) is 13.2. The first-order chi connectivity index (χ1) is 9.24. The molecule has 2 aromatic heterocycles. The summed E-state index contributed by atoms with van der Waals surface area (Å²) in [5, 5.41) is 5.94. The molecule has 1 aliphatic carbocycles. The van der Waals surface area contributed by atoms with Gasteiger partial charge in [-0.2, -0.15) is 5.10 Å². The fourth-order valence-electron chi connectivity index (χ4n) is 2.45. The van der Waals surface area contributed by atoms with E-state index in [0.717, 1.165) is 17.8 Å². The van der Waals surface area contributed by atoms with Crippen LogP contribution in [0, 0.1) is 6.92 Å². The minimum Gasteiger partial charge on any atom is -0.485 e. The fourth-order valence-corrected chi connectivity index (χ4v) is 3.55. The summed E-state index contributed by atoms with van der Waals surface area (Å²) < 4.78 is 7.73. The monoisotopic (exact) mass is 296 g/mol. The summed E-state index contributed by atoms with van der Waals surface area (Å²) >= 11 is 8.04. The Bertz CT molecular complexity index is 558. The molecule has 0 spiro atoms. The van der Waals surface area contributed by atoms with Gasteiger partial charge in [-0.3, -0.25) is 0 Å². The number of rotatable bonds is 3. The molecule has 3 nitrogen and oxygen atoms in total. The molecule has 0 N–H and O–H groups in total. The van der Waals surface area contributed by atoms with Crippen LogP contribution in [0.3, 0.4) is 0 Å². The Hall–Kier alpha value is -1.000. The Labute approximate surface area is 122 Å². The van der Waals surface area contributed by atoms with E-state index >= 15 is 0 Å². The van der Waals surface area contributed by atoms with Crippen molar-refractivity contribution in [2.75, 3.05) is 0 Å². The highest BCUT2D eigenvalue weighted by atomic mass is 35.5. The fraction of sp³-hybridized carbons (Fsp3) is 0.500. The summed E-state index contributed by atoms with van der Waals surface area (Å²) in [6, 6.07) is 4.10. The standard InChI is InChI=1S/C14H17ClN2OS/c1-10-7-8-13(19-10)17-14(15)12(9-16-17)18-11-5-3-2-4-6-11/h7-9,11H,2-6H2,1H3. The molecule has 0 atom stereocenters. The van der Waals surface area contributed by atoms with Gasteiger partial charge in [0.25, 0.3) is 0 Å². The van der Waals surface area contributed by atoms with Crippen LogP contribution in [-0.2, 0) is 0 Å². The third-order valence-electron chi connectivity index (χ3n) is 3.46. The molecular formula is C14H17ClN2OS. The number of hydrogen-bond donors (Lipinski definition) is 0. The molecule has 0 aromatic carbocycles. The number of halogens is 1. The van der Waals surface area contributed by atoms with E-state index < -0.39 is 0 Å². The zero-order valence-corrected chi connectivity index (χ0v) is 12.5. The van der Waals surface area contributed by atoms with E-state index in [0.29, 0.717) is 17.0 Å². The van der Waals surface area contributed by atoms with Gasteiger partial charge >= 0.3 is 0 Å². The lowest BCUT2D eigenvalue weighted by Crippen LogP contribution is -2.19. The van der Waals surface area contributed by atoms with E-state index in [-0.39, 0.29) is 0 Å². The van der Waals surface area contributed by atoms with Gasteiger partial charge in [-0.05, 0) is 44.7 Å². The minimum atomic E-state index is 0.300. The van der Waals surface area contributed by atoms with Crippen LogP contribution in [0.1, 0.15) is 37.0 Å². The van der Waals surface area contributed by atoms with Crippen molar-refractivity contribution >= 4 is 22.9 Å². The molecule has 0 aliphatic heterocycles. The highest BCUT2D eigenvalue weighted by Crippen LogP contribution is 2.32. The molecule has 1 saturated carbocycles. The Kier molecular flexibility index (Phi) is 3.80. The van der Waals surface area contributed by atoms with Crippen molar-refractivity contribution in [2.24, 2.45) is 0 Å². The number of aromatic nitrogens is 2. The van der Waals surface area contributed by atoms with Crippen molar-refractivity contribution < 1.29 is 4.74 Å². The van der Waals surface area contributed by atoms with Gasteiger partial charge < -0.3 is 4.74 Å². The third kappa shape index (κ3) is 2.79. The molecule has 3 rings (SSSR count). The lowest BCUT2D eigenvalue weighted by molar-refractivity contribution is 0.155. The van der Waals surface area contributed by atoms with Crippen LogP contribution >= 0.6 is 22.9 Å². The van der Waals surface area contributed by atoms with Crippen molar-refractivity contribution in [3.63, 3.8) is 0 Å². The largest absolute Gasteiger partial charge is 0.485 e. The van der Waals surface area contributed by atoms with Crippen molar-refractivity contribution in [3.8, 4) is 10.8 Å². The average Bonchev–Trinajstić information content (AvgIpc) is 2.99. The number of hydrogen-bond acceptors (Lipinski definition) is 3. The second-order valence-corrected chi connectivity index (χ2v) is 6.60. The van der Waals surface area contributed by atoms with Gasteiger partial charge in [-0.25, -0.2) is 4.68 Å². The number of thiophene rings is 1. The van der Waals surface area contributed by atoms with Gasteiger partial charge in [0.15, 0.2) is 10.9 Å². The van der Waals surface area contributed by atoms with Gasteiger partial charge in [0.1, 0.15) is 5.00 Å². The maximum Gasteiger partial charge on any atom is 0.177 e. The lowest BCUT2D eigenvalue weighted by Gasteiger charge is -2.22. The molecule has 2 aromatic rings. The van der Waals surface area contributed by atoms with Gasteiger partial charge in [-0.15, -0.1) is 11.3 Å². The van der Waals surface area contributed by atoms with Crippen molar-refractivity contribution in [2.45, 2.75) is 45.1 Å². The Balaban J connectivity index is 1.78. The second-order valence-electron chi connectivity index (χ2n) is 4.97. The van der Waals surface area contributed by atoms with Gasteiger partial charge in [0.2, 0.25) is 0 Å². The Morgan fingerprint density at radius 1 is 1.32 bits per heavy atom. The first-order valence-corrected chi connectivity index (χ1v) is 7.90. The molecular weight excluding hydrogens is 280 g/mol. The summed E-state index contributed by atoms with van der Waals surface area (Å²) in [5.74, 6) is 0.708. The Morgan fingerprint density at radius 2 is 2.11 bits per heavy atom. The third-order valence-corrected chi connectivity index (χ3v) is 4.78. The maximum absolute atomic E-state index is 6.37. The molecule has 0 saturated heterocycles. The second kappa shape index (κ2) is 5.55. The highest BCUT2D eigenvalue weighted by molar-refractivity contribution is 7.14. The summed E-state index contributed by atoms with van der Waals surface area (Å²) in [4.78, 5) is 1.25. The Morgan fingerprint density at radius 3 is 2.79 bits per heavy atom. The van der Waals surface area contributed by atoms with Crippen LogP contribution in [0.25, 0.3) is 5.00 Å². The summed E-state index contributed by atoms with van der Waals surface area (Å²) in [7, 11) is 0. The van der Waals surface area contributed by atoms with E-state index in [9.17, 15) is 0 Å². The highest BCUT2D eigenvalue weighted by Gasteiger charge is 2.19. The van der Waals surface area contributed by atoms with Gasteiger partial charge in [-0.1, -0.05) is 18.0 Å². The van der Waals surface area contributed by atoms with Gasteiger partial charge in [0.05, 0.1) is 12.3 Å². The number of nitrogens with zero attached hydrogens (tertiary/aromatic N) is 2. The van der Waals surface area contributed by atoms with E-state index in [1.54, 1.807) is 22.2 Å². The van der Waals surface area contributed by atoms with E-state index in [1.165, 1.54) is 24.1 Å². The van der Waals surface area contributed by atoms with E-state index in [2.05, 4.69) is 18.1 Å². The SMILES string of the molecule is Cc1ccc(-n2ncc(OC3CCCCC3)c2Cl)s1.